The molecule has 28 heavy (non-hydrogen) atoms. The molecule has 1 aliphatic rings. The molecule has 0 aliphatic carbocycles. The van der Waals surface area contributed by atoms with Gasteiger partial charge in [-0.05, 0) is 30.0 Å². The minimum Gasteiger partial charge on any atom is -0.378 e. The Hall–Kier alpha value is -2.35. The minimum absolute atomic E-state index is 0.111. The average Bonchev–Trinajstić information content (AvgIpc) is 3.21. The summed E-state index contributed by atoms with van der Waals surface area (Å²) in [6, 6.07) is 16.0. The number of ether oxygens (including phenoxy) is 1. The molecule has 0 radical (unpaired) electrons. The molecule has 5 nitrogen and oxygen atoms in total. The molecule has 144 valence electrons. The predicted octanol–water partition coefficient (Wildman–Crippen LogP) is 4.62. The van der Waals surface area contributed by atoms with Crippen LogP contribution in [0, 0.1) is 0 Å². The number of morpholine rings is 1. The molecule has 3 aromatic rings. The van der Waals surface area contributed by atoms with Crippen molar-refractivity contribution in [2.75, 3.05) is 42.8 Å². The summed E-state index contributed by atoms with van der Waals surface area (Å²) < 4.78 is 5.49. The number of carbonyl (C=O) groups is 1. The normalized spacial score (nSPS) is 14.1. The van der Waals surface area contributed by atoms with Gasteiger partial charge in [0.15, 0.2) is 0 Å². The van der Waals surface area contributed by atoms with E-state index in [-0.39, 0.29) is 5.91 Å². The zero-order chi connectivity index (χ0) is 19.3. The summed E-state index contributed by atoms with van der Waals surface area (Å²) >= 11 is 3.10. The van der Waals surface area contributed by atoms with Crippen molar-refractivity contribution in [3.8, 4) is 11.1 Å². The number of anilines is 2. The fourth-order valence-corrected chi connectivity index (χ4v) is 4.58. The highest BCUT2D eigenvalue weighted by Gasteiger charge is 2.22. The number of nitrogens with zero attached hydrogens (tertiary/aromatic N) is 2. The van der Waals surface area contributed by atoms with E-state index in [1.807, 2.05) is 42.7 Å². The van der Waals surface area contributed by atoms with Crippen LogP contribution in [0.15, 0.2) is 59.8 Å². The lowest BCUT2D eigenvalue weighted by molar-refractivity contribution is 0.103. The number of benzene rings is 1. The Balaban J connectivity index is 1.63. The van der Waals surface area contributed by atoms with Gasteiger partial charge < -0.3 is 15.0 Å². The van der Waals surface area contributed by atoms with Crippen molar-refractivity contribution in [3.63, 3.8) is 0 Å². The molecule has 1 fully saturated rings. The minimum atomic E-state index is -0.111. The molecule has 1 amide bonds. The molecule has 2 aromatic heterocycles. The van der Waals surface area contributed by atoms with E-state index in [0.717, 1.165) is 34.2 Å². The van der Waals surface area contributed by atoms with Crippen molar-refractivity contribution >= 4 is 39.7 Å². The molecule has 0 unspecified atom stereocenters. The summed E-state index contributed by atoms with van der Waals surface area (Å²) in [6.45, 7) is 3.09. The van der Waals surface area contributed by atoms with E-state index >= 15 is 0 Å². The van der Waals surface area contributed by atoms with Crippen molar-refractivity contribution in [1.82, 2.24) is 4.98 Å². The Morgan fingerprint density at radius 3 is 2.64 bits per heavy atom. The van der Waals surface area contributed by atoms with E-state index in [0.29, 0.717) is 23.8 Å². The zero-order valence-corrected chi connectivity index (χ0v) is 17.2. The summed E-state index contributed by atoms with van der Waals surface area (Å²) in [5.74, 6) is -0.111. The fourth-order valence-electron chi connectivity index (χ4n) is 3.09. The molecule has 0 bridgehead atoms. The van der Waals surface area contributed by atoms with Crippen LogP contribution in [0.2, 0.25) is 0 Å². The zero-order valence-electron chi connectivity index (χ0n) is 15.6. The molecule has 4 rings (SSSR count). The van der Waals surface area contributed by atoms with Crippen LogP contribution in [-0.2, 0) is 4.74 Å². The number of hydrogen-bond acceptors (Lipinski definition) is 6. The van der Waals surface area contributed by atoms with E-state index < -0.39 is 0 Å². The highest BCUT2D eigenvalue weighted by atomic mass is 32.2. The first-order valence-corrected chi connectivity index (χ1v) is 11.1. The van der Waals surface area contributed by atoms with Gasteiger partial charge in [0, 0.05) is 18.7 Å². The lowest BCUT2D eigenvalue weighted by Gasteiger charge is -2.28. The van der Waals surface area contributed by atoms with Crippen molar-refractivity contribution in [3.05, 3.63) is 59.6 Å². The van der Waals surface area contributed by atoms with Crippen LogP contribution in [-0.4, -0.2) is 43.5 Å². The second kappa shape index (κ2) is 8.77. The summed E-state index contributed by atoms with van der Waals surface area (Å²) in [7, 11) is 0. The van der Waals surface area contributed by atoms with Crippen molar-refractivity contribution in [2.24, 2.45) is 0 Å². The fraction of sp³-hybridized carbons (Fsp3) is 0.238. The summed E-state index contributed by atoms with van der Waals surface area (Å²) in [6.07, 6.45) is 3.67. The summed E-state index contributed by atoms with van der Waals surface area (Å²) in [5.41, 5.74) is 2.91. The Bertz CT molecular complexity index is 936. The van der Waals surface area contributed by atoms with E-state index in [1.54, 1.807) is 18.0 Å². The van der Waals surface area contributed by atoms with Crippen LogP contribution in [0.25, 0.3) is 11.1 Å². The first-order valence-electron chi connectivity index (χ1n) is 9.08. The predicted molar refractivity (Wildman–Crippen MR) is 117 cm³/mol. The van der Waals surface area contributed by atoms with Gasteiger partial charge in [-0.25, -0.2) is 4.98 Å². The maximum absolute atomic E-state index is 12.9. The third-order valence-electron chi connectivity index (χ3n) is 4.52. The number of carbonyl (C=O) groups excluding carboxylic acids is 1. The molecule has 3 heterocycles. The Morgan fingerprint density at radius 2 is 1.96 bits per heavy atom. The van der Waals surface area contributed by atoms with Crippen LogP contribution >= 0.6 is 23.1 Å². The number of hydrogen-bond donors (Lipinski definition) is 1. The van der Waals surface area contributed by atoms with Gasteiger partial charge in [0.25, 0.3) is 5.91 Å². The van der Waals surface area contributed by atoms with Crippen LogP contribution in [0.3, 0.4) is 0 Å². The van der Waals surface area contributed by atoms with Gasteiger partial charge >= 0.3 is 0 Å². The number of thiophene rings is 1. The first kappa shape index (κ1) is 19.0. The SMILES string of the molecule is CSc1ccc(NC(=O)c2cc(-c3ccccc3)c(N3CCOCC3)s2)cn1. The molecule has 0 atom stereocenters. The number of aromatic nitrogens is 1. The number of rotatable bonds is 5. The van der Waals surface area contributed by atoms with Crippen molar-refractivity contribution in [1.29, 1.82) is 0 Å². The van der Waals surface area contributed by atoms with E-state index in [1.165, 1.54) is 11.3 Å². The van der Waals surface area contributed by atoms with Gasteiger partial charge in [-0.3, -0.25) is 4.79 Å². The van der Waals surface area contributed by atoms with Crippen LogP contribution in [0.4, 0.5) is 10.7 Å². The van der Waals surface area contributed by atoms with E-state index in [2.05, 4.69) is 27.3 Å². The molecular formula is C21H21N3O2S2. The van der Waals surface area contributed by atoms with Crippen LogP contribution in [0.1, 0.15) is 9.67 Å². The second-order valence-corrected chi connectivity index (χ2v) is 8.20. The second-order valence-electron chi connectivity index (χ2n) is 6.34. The maximum atomic E-state index is 12.9. The van der Waals surface area contributed by atoms with Gasteiger partial charge in [-0.15, -0.1) is 23.1 Å². The topological polar surface area (TPSA) is 54.5 Å². The Morgan fingerprint density at radius 1 is 1.18 bits per heavy atom. The van der Waals surface area contributed by atoms with E-state index in [9.17, 15) is 4.79 Å². The third-order valence-corrected chi connectivity index (χ3v) is 6.38. The lowest BCUT2D eigenvalue weighted by atomic mass is 10.1. The van der Waals surface area contributed by atoms with Crippen molar-refractivity contribution < 1.29 is 9.53 Å². The standard InChI is InChI=1S/C21H21N3O2S2/c1-27-19-8-7-16(14-22-19)23-20(25)18-13-17(15-5-3-2-4-6-15)21(28-18)24-9-11-26-12-10-24/h2-8,13-14H,9-12H2,1H3,(H,23,25). The molecule has 7 heteroatoms. The Kier molecular flexibility index (Phi) is 5.95. The monoisotopic (exact) mass is 411 g/mol. The van der Waals surface area contributed by atoms with Gasteiger partial charge in [0.2, 0.25) is 0 Å². The summed E-state index contributed by atoms with van der Waals surface area (Å²) in [5, 5.41) is 5.01. The molecule has 0 saturated carbocycles. The van der Waals surface area contributed by atoms with Crippen LogP contribution in [0.5, 0.6) is 0 Å². The molecule has 1 aliphatic heterocycles. The van der Waals surface area contributed by atoms with Gasteiger partial charge in [-0.1, -0.05) is 30.3 Å². The molecule has 1 aromatic carbocycles. The third kappa shape index (κ3) is 4.22. The largest absolute Gasteiger partial charge is 0.378 e. The lowest BCUT2D eigenvalue weighted by Crippen LogP contribution is -2.35. The highest BCUT2D eigenvalue weighted by molar-refractivity contribution is 7.98. The first-order chi connectivity index (χ1) is 13.7. The maximum Gasteiger partial charge on any atom is 0.265 e. The van der Waals surface area contributed by atoms with Crippen LogP contribution < -0.4 is 10.2 Å². The molecule has 0 spiro atoms. The van der Waals surface area contributed by atoms with Gasteiger partial charge in [0.05, 0.1) is 40.0 Å². The molecule has 1 saturated heterocycles. The quantitative estimate of drug-likeness (QED) is 0.621. The number of pyridine rings is 1. The van der Waals surface area contributed by atoms with Gasteiger partial charge in [-0.2, -0.15) is 0 Å². The number of nitrogens with one attached hydrogen (secondary N) is 1. The number of amides is 1. The van der Waals surface area contributed by atoms with E-state index in [4.69, 9.17) is 4.74 Å². The molecule has 1 N–H and O–H groups in total. The smallest absolute Gasteiger partial charge is 0.265 e. The molecular weight excluding hydrogens is 390 g/mol. The average molecular weight is 412 g/mol. The Labute approximate surface area is 172 Å². The van der Waals surface area contributed by atoms with Gasteiger partial charge in [0.1, 0.15) is 0 Å². The summed E-state index contributed by atoms with van der Waals surface area (Å²) in [4.78, 5) is 20.2. The number of thioether (sulfide) groups is 1. The van der Waals surface area contributed by atoms with Crippen molar-refractivity contribution in [2.45, 2.75) is 5.03 Å². The highest BCUT2D eigenvalue weighted by Crippen LogP contribution is 2.39.